The number of anilines is 1. The van der Waals surface area contributed by atoms with Crippen molar-refractivity contribution in [1.29, 1.82) is 0 Å². The molecule has 0 atom stereocenters. The number of para-hydroxylation sites is 1. The van der Waals surface area contributed by atoms with Crippen LogP contribution in [0, 0.1) is 0 Å². The van der Waals surface area contributed by atoms with Gasteiger partial charge in [-0.2, -0.15) is 0 Å². The fraction of sp³-hybridized carbons (Fsp3) is 0.115. The molecule has 3 aromatic carbocycles. The summed E-state index contributed by atoms with van der Waals surface area (Å²) in [7, 11) is 3.08. The van der Waals surface area contributed by atoms with E-state index < -0.39 is 0 Å². The lowest BCUT2D eigenvalue weighted by Gasteiger charge is -2.14. The number of fused-ring (bicyclic) bond motifs is 3. The van der Waals surface area contributed by atoms with E-state index in [1.165, 1.54) is 23.4 Å². The van der Waals surface area contributed by atoms with Gasteiger partial charge in [-0.15, -0.1) is 0 Å². The summed E-state index contributed by atoms with van der Waals surface area (Å²) in [5, 5.41) is 4.09. The van der Waals surface area contributed by atoms with Gasteiger partial charge in [-0.3, -0.25) is 14.2 Å². The number of rotatable bonds is 7. The van der Waals surface area contributed by atoms with E-state index in [0.29, 0.717) is 39.1 Å². The predicted octanol–water partition coefficient (Wildman–Crippen LogP) is 5.38. The lowest BCUT2D eigenvalue weighted by atomic mass is 10.2. The first kappa shape index (κ1) is 24.0. The third-order valence-electron chi connectivity index (χ3n) is 5.58. The van der Waals surface area contributed by atoms with E-state index in [4.69, 9.17) is 14.5 Å². The molecule has 36 heavy (non-hydrogen) atoms. The van der Waals surface area contributed by atoms with Crippen molar-refractivity contribution in [3.8, 4) is 17.2 Å². The van der Waals surface area contributed by atoms with Crippen LogP contribution in [0.3, 0.4) is 0 Å². The number of nitrogens with one attached hydrogen (secondary N) is 2. The molecule has 5 aromatic rings. The molecular weight excluding hydrogens is 544 g/mol. The van der Waals surface area contributed by atoms with Crippen LogP contribution in [0.25, 0.3) is 27.6 Å². The van der Waals surface area contributed by atoms with Gasteiger partial charge in [0.1, 0.15) is 11.0 Å². The highest BCUT2D eigenvalue weighted by Crippen LogP contribution is 2.31. The van der Waals surface area contributed by atoms with E-state index in [9.17, 15) is 9.59 Å². The Morgan fingerprint density at radius 1 is 1.06 bits per heavy atom. The van der Waals surface area contributed by atoms with Crippen molar-refractivity contribution in [2.45, 2.75) is 5.16 Å². The van der Waals surface area contributed by atoms with E-state index in [2.05, 4.69) is 26.2 Å². The molecule has 2 N–H and O–H groups in total. The summed E-state index contributed by atoms with van der Waals surface area (Å²) in [4.78, 5) is 34.5. The number of nitrogens with zero attached hydrogens (tertiary/aromatic N) is 2. The van der Waals surface area contributed by atoms with Gasteiger partial charge >= 0.3 is 0 Å². The third kappa shape index (κ3) is 4.57. The number of aromatic amines is 1. The second kappa shape index (κ2) is 10.1. The maximum absolute atomic E-state index is 13.7. The Hall–Kier alpha value is -3.76. The van der Waals surface area contributed by atoms with Gasteiger partial charge in [-0.05, 0) is 42.5 Å². The largest absolute Gasteiger partial charge is 0.493 e. The van der Waals surface area contributed by atoms with Crippen molar-refractivity contribution in [3.05, 3.63) is 81.6 Å². The van der Waals surface area contributed by atoms with Gasteiger partial charge in [0.25, 0.3) is 5.56 Å². The molecule has 5 rings (SSSR count). The summed E-state index contributed by atoms with van der Waals surface area (Å²) in [6, 6.07) is 20.1. The minimum Gasteiger partial charge on any atom is -0.493 e. The van der Waals surface area contributed by atoms with Gasteiger partial charge in [-0.25, -0.2) is 4.98 Å². The molecule has 0 saturated heterocycles. The van der Waals surface area contributed by atoms with E-state index in [1.807, 2.05) is 48.5 Å². The highest BCUT2D eigenvalue weighted by molar-refractivity contribution is 9.10. The lowest BCUT2D eigenvalue weighted by molar-refractivity contribution is -0.113. The first-order valence-corrected chi connectivity index (χ1v) is 12.7. The van der Waals surface area contributed by atoms with Gasteiger partial charge in [-0.1, -0.05) is 45.9 Å². The average molecular weight is 565 g/mol. The van der Waals surface area contributed by atoms with Crippen molar-refractivity contribution in [3.63, 3.8) is 0 Å². The first-order chi connectivity index (χ1) is 17.5. The van der Waals surface area contributed by atoms with Crippen LogP contribution in [0.2, 0.25) is 0 Å². The monoisotopic (exact) mass is 564 g/mol. The summed E-state index contributed by atoms with van der Waals surface area (Å²) < 4.78 is 13.2. The molecule has 0 fully saturated rings. The topological polar surface area (TPSA) is 98.2 Å². The standard InChI is InChI=1S/C26H21BrN4O4S/c1-34-20-12-11-17(13-21(20)35-2)31-25(33)24-23(18-5-3-4-6-19(18)29-24)30-26(31)36-14-22(32)28-16-9-7-15(27)8-10-16/h3-13,29H,14H2,1-2H3,(H,28,32). The Balaban J connectivity index is 1.58. The van der Waals surface area contributed by atoms with E-state index in [-0.39, 0.29) is 17.2 Å². The van der Waals surface area contributed by atoms with E-state index in [0.717, 1.165) is 15.4 Å². The van der Waals surface area contributed by atoms with Gasteiger partial charge < -0.3 is 19.8 Å². The van der Waals surface area contributed by atoms with Crippen LogP contribution in [0.15, 0.2) is 81.2 Å². The number of carbonyl (C=O) groups excluding carboxylic acids is 1. The zero-order valence-electron chi connectivity index (χ0n) is 19.4. The van der Waals surface area contributed by atoms with Crippen LogP contribution in [-0.2, 0) is 4.79 Å². The van der Waals surface area contributed by atoms with Crippen molar-refractivity contribution < 1.29 is 14.3 Å². The molecule has 0 aliphatic rings. The van der Waals surface area contributed by atoms with Gasteiger partial charge in [0.15, 0.2) is 16.7 Å². The summed E-state index contributed by atoms with van der Waals surface area (Å²) in [5.41, 5.74) is 2.70. The zero-order chi connectivity index (χ0) is 25.2. The van der Waals surface area contributed by atoms with Crippen LogP contribution in [0.5, 0.6) is 11.5 Å². The maximum Gasteiger partial charge on any atom is 0.283 e. The number of H-pyrrole nitrogens is 1. The van der Waals surface area contributed by atoms with Crippen LogP contribution >= 0.6 is 27.7 Å². The maximum atomic E-state index is 13.7. The molecule has 0 bridgehead atoms. The number of aromatic nitrogens is 3. The highest BCUT2D eigenvalue weighted by Gasteiger charge is 2.19. The molecule has 8 nitrogen and oxygen atoms in total. The number of amides is 1. The Morgan fingerprint density at radius 2 is 1.81 bits per heavy atom. The predicted molar refractivity (Wildman–Crippen MR) is 146 cm³/mol. The quantitative estimate of drug-likeness (QED) is 0.203. The summed E-state index contributed by atoms with van der Waals surface area (Å²) in [6.07, 6.45) is 0. The minimum atomic E-state index is -0.278. The second-order valence-corrected chi connectivity index (χ2v) is 9.67. The molecule has 10 heteroatoms. The molecule has 0 radical (unpaired) electrons. The van der Waals surface area contributed by atoms with Crippen molar-refractivity contribution in [2.75, 3.05) is 25.3 Å². The Bertz CT molecular complexity index is 1650. The number of thioether (sulfide) groups is 1. The summed E-state index contributed by atoms with van der Waals surface area (Å²) in [5.74, 6) is 0.859. The van der Waals surface area contributed by atoms with Crippen LogP contribution in [0.4, 0.5) is 5.69 Å². The number of hydrogen-bond donors (Lipinski definition) is 2. The SMILES string of the molecule is COc1ccc(-n2c(SCC(=O)Nc3ccc(Br)cc3)nc3c([nH]c4ccccc43)c2=O)cc1OC. The molecule has 0 aliphatic carbocycles. The smallest absolute Gasteiger partial charge is 0.283 e. The fourth-order valence-corrected chi connectivity index (χ4v) is 4.96. The van der Waals surface area contributed by atoms with Crippen LogP contribution < -0.4 is 20.3 Å². The molecular formula is C26H21BrN4O4S. The molecule has 0 spiro atoms. The fourth-order valence-electron chi connectivity index (χ4n) is 3.89. The third-order valence-corrected chi connectivity index (χ3v) is 7.05. The molecule has 2 aromatic heterocycles. The zero-order valence-corrected chi connectivity index (χ0v) is 21.8. The number of carbonyl (C=O) groups is 1. The minimum absolute atomic E-state index is 0.0592. The Labute approximate surface area is 218 Å². The molecule has 2 heterocycles. The summed E-state index contributed by atoms with van der Waals surface area (Å²) >= 11 is 4.57. The molecule has 1 amide bonds. The van der Waals surface area contributed by atoms with Crippen LogP contribution in [-0.4, -0.2) is 40.4 Å². The average Bonchev–Trinajstić information content (AvgIpc) is 3.27. The number of halogens is 1. The van der Waals surface area contributed by atoms with Gasteiger partial charge in [0.2, 0.25) is 5.91 Å². The normalized spacial score (nSPS) is 11.1. The molecule has 182 valence electrons. The van der Waals surface area contributed by atoms with Crippen molar-refractivity contribution in [2.24, 2.45) is 0 Å². The highest BCUT2D eigenvalue weighted by atomic mass is 79.9. The molecule has 0 unspecified atom stereocenters. The first-order valence-electron chi connectivity index (χ1n) is 10.9. The van der Waals surface area contributed by atoms with Crippen molar-refractivity contribution >= 4 is 61.2 Å². The molecule has 0 saturated carbocycles. The Morgan fingerprint density at radius 3 is 2.56 bits per heavy atom. The van der Waals surface area contributed by atoms with E-state index in [1.54, 1.807) is 25.3 Å². The lowest BCUT2D eigenvalue weighted by Crippen LogP contribution is -2.23. The second-order valence-electron chi connectivity index (χ2n) is 7.81. The number of methoxy groups -OCH3 is 2. The number of ether oxygens (including phenoxy) is 2. The van der Waals surface area contributed by atoms with Gasteiger partial charge in [0.05, 0.1) is 25.7 Å². The Kier molecular flexibility index (Phi) is 6.71. The summed E-state index contributed by atoms with van der Waals surface area (Å²) in [6.45, 7) is 0. The van der Waals surface area contributed by atoms with Crippen LogP contribution in [0.1, 0.15) is 0 Å². The molecule has 0 aliphatic heterocycles. The van der Waals surface area contributed by atoms with Gasteiger partial charge in [0, 0.05) is 27.1 Å². The number of hydrogen-bond acceptors (Lipinski definition) is 6. The number of benzene rings is 3. The van der Waals surface area contributed by atoms with Crippen molar-refractivity contribution in [1.82, 2.24) is 14.5 Å². The van der Waals surface area contributed by atoms with E-state index >= 15 is 0 Å².